The molecule has 2 aliphatic rings. The molecule has 0 spiro atoms. The first-order chi connectivity index (χ1) is 7.50. The first-order valence-corrected chi connectivity index (χ1v) is 5.54. The largest absolute Gasteiger partial charge is 0.480 e. The zero-order valence-electron chi connectivity index (χ0n) is 9.18. The van der Waals surface area contributed by atoms with Crippen LogP contribution in [0, 0.1) is 5.92 Å². The van der Waals surface area contributed by atoms with E-state index in [2.05, 4.69) is 0 Å². The second-order valence-electron chi connectivity index (χ2n) is 4.62. The number of Topliss-reactive ketones (excluding diaryl/α,β-unsaturated/α-hetero) is 1. The van der Waals surface area contributed by atoms with Crippen LogP contribution in [0.2, 0.25) is 0 Å². The zero-order chi connectivity index (χ0) is 11.9. The molecule has 0 radical (unpaired) electrons. The van der Waals surface area contributed by atoms with Gasteiger partial charge in [-0.3, -0.25) is 9.59 Å². The van der Waals surface area contributed by atoms with Crippen molar-refractivity contribution in [3.63, 3.8) is 0 Å². The molecule has 1 amide bonds. The third-order valence-corrected chi connectivity index (χ3v) is 3.64. The standard InChI is InChI=1S/C11H15NO4/c1-6(13)12-9-5-8(14)3-2-7(9)4-10(12)11(15)16/h7,9-10H,2-5H2,1H3,(H,15,16). The molecule has 2 fully saturated rings. The van der Waals surface area contributed by atoms with Crippen LogP contribution in [0.15, 0.2) is 0 Å². The van der Waals surface area contributed by atoms with Crippen LogP contribution in [0.1, 0.15) is 32.6 Å². The van der Waals surface area contributed by atoms with Crippen LogP contribution in [0.25, 0.3) is 0 Å². The smallest absolute Gasteiger partial charge is 0.326 e. The highest BCUT2D eigenvalue weighted by atomic mass is 16.4. The number of carbonyl (C=O) groups excluding carboxylic acids is 2. The Labute approximate surface area is 93.4 Å². The predicted octanol–water partition coefficient (Wildman–Crippen LogP) is 0.430. The summed E-state index contributed by atoms with van der Waals surface area (Å²) in [6.07, 6.45) is 2.07. The van der Waals surface area contributed by atoms with Crippen molar-refractivity contribution in [3.05, 3.63) is 0 Å². The summed E-state index contributed by atoms with van der Waals surface area (Å²) in [5, 5.41) is 9.07. The van der Waals surface area contributed by atoms with Crippen molar-refractivity contribution in [1.29, 1.82) is 0 Å². The van der Waals surface area contributed by atoms with Crippen LogP contribution in [0.4, 0.5) is 0 Å². The van der Waals surface area contributed by atoms with Crippen molar-refractivity contribution in [2.75, 3.05) is 0 Å². The van der Waals surface area contributed by atoms with Gasteiger partial charge in [-0.15, -0.1) is 0 Å². The lowest BCUT2D eigenvalue weighted by molar-refractivity contribution is -0.149. The Morgan fingerprint density at radius 1 is 1.44 bits per heavy atom. The number of carboxylic acid groups (broad SMARTS) is 1. The monoisotopic (exact) mass is 225 g/mol. The topological polar surface area (TPSA) is 74.7 Å². The minimum atomic E-state index is -0.961. The van der Waals surface area contributed by atoms with Crippen molar-refractivity contribution in [1.82, 2.24) is 4.90 Å². The molecule has 0 aromatic rings. The molecule has 5 nitrogen and oxygen atoms in total. The van der Waals surface area contributed by atoms with Crippen LogP contribution in [0.3, 0.4) is 0 Å². The van der Waals surface area contributed by atoms with Gasteiger partial charge >= 0.3 is 5.97 Å². The van der Waals surface area contributed by atoms with Gasteiger partial charge in [-0.2, -0.15) is 0 Å². The summed E-state index contributed by atoms with van der Waals surface area (Å²) in [6.45, 7) is 1.37. The molecule has 16 heavy (non-hydrogen) atoms. The average Bonchev–Trinajstić information content (AvgIpc) is 2.55. The lowest BCUT2D eigenvalue weighted by Crippen LogP contribution is -2.46. The number of rotatable bonds is 1. The van der Waals surface area contributed by atoms with Crippen molar-refractivity contribution in [3.8, 4) is 0 Å². The maximum absolute atomic E-state index is 11.5. The fourth-order valence-corrected chi connectivity index (χ4v) is 2.95. The van der Waals surface area contributed by atoms with Gasteiger partial charge in [0.15, 0.2) is 0 Å². The van der Waals surface area contributed by atoms with Crippen molar-refractivity contribution in [2.24, 2.45) is 5.92 Å². The Balaban J connectivity index is 2.25. The fraction of sp³-hybridized carbons (Fsp3) is 0.727. The fourth-order valence-electron chi connectivity index (χ4n) is 2.95. The van der Waals surface area contributed by atoms with Crippen LogP contribution in [0.5, 0.6) is 0 Å². The molecule has 1 saturated heterocycles. The molecule has 0 aromatic carbocycles. The molecule has 3 unspecified atom stereocenters. The molecule has 88 valence electrons. The number of amides is 1. The van der Waals surface area contributed by atoms with E-state index >= 15 is 0 Å². The lowest BCUT2D eigenvalue weighted by Gasteiger charge is -2.31. The van der Waals surface area contributed by atoms with E-state index in [1.54, 1.807) is 0 Å². The van der Waals surface area contributed by atoms with Crippen molar-refractivity contribution >= 4 is 17.7 Å². The highest BCUT2D eigenvalue weighted by molar-refractivity contribution is 5.86. The summed E-state index contributed by atoms with van der Waals surface area (Å²) in [5.41, 5.74) is 0. The summed E-state index contributed by atoms with van der Waals surface area (Å²) in [7, 11) is 0. The van der Waals surface area contributed by atoms with Gasteiger partial charge in [-0.05, 0) is 18.8 Å². The van der Waals surface area contributed by atoms with Crippen LogP contribution < -0.4 is 0 Å². The minimum Gasteiger partial charge on any atom is -0.480 e. The summed E-state index contributed by atoms with van der Waals surface area (Å²) in [6, 6.07) is -0.918. The second kappa shape index (κ2) is 3.88. The van der Waals surface area contributed by atoms with Crippen LogP contribution >= 0.6 is 0 Å². The van der Waals surface area contributed by atoms with Gasteiger partial charge in [0.05, 0.1) is 0 Å². The molecule has 5 heteroatoms. The summed E-state index contributed by atoms with van der Waals surface area (Å²) in [4.78, 5) is 35.3. The Morgan fingerprint density at radius 2 is 2.12 bits per heavy atom. The third kappa shape index (κ3) is 1.70. The van der Waals surface area contributed by atoms with E-state index in [1.165, 1.54) is 11.8 Å². The molecule has 1 heterocycles. The SMILES string of the molecule is CC(=O)N1C(C(=O)O)CC2CCC(=O)CC21. The highest BCUT2D eigenvalue weighted by Crippen LogP contribution is 2.38. The maximum atomic E-state index is 11.5. The number of nitrogens with zero attached hydrogens (tertiary/aromatic N) is 1. The molecule has 0 bridgehead atoms. The number of fused-ring (bicyclic) bond motifs is 1. The lowest BCUT2D eigenvalue weighted by atomic mass is 9.84. The Bertz CT molecular complexity index is 352. The van der Waals surface area contributed by atoms with Crippen LogP contribution in [-0.4, -0.2) is 39.7 Å². The third-order valence-electron chi connectivity index (χ3n) is 3.64. The maximum Gasteiger partial charge on any atom is 0.326 e. The highest BCUT2D eigenvalue weighted by Gasteiger charge is 2.47. The quantitative estimate of drug-likeness (QED) is 0.702. The zero-order valence-corrected chi connectivity index (χ0v) is 9.18. The summed E-state index contributed by atoms with van der Waals surface area (Å²) < 4.78 is 0. The average molecular weight is 225 g/mol. The minimum absolute atomic E-state index is 0.138. The van der Waals surface area contributed by atoms with Gasteiger partial charge < -0.3 is 10.0 Å². The number of carbonyl (C=O) groups is 3. The van der Waals surface area contributed by atoms with Crippen molar-refractivity contribution in [2.45, 2.75) is 44.7 Å². The van der Waals surface area contributed by atoms with E-state index in [0.29, 0.717) is 19.3 Å². The number of hydrogen-bond donors (Lipinski definition) is 1. The van der Waals surface area contributed by atoms with Crippen LogP contribution in [-0.2, 0) is 14.4 Å². The molecule has 1 aliphatic carbocycles. The number of carboxylic acids is 1. The molecule has 1 saturated carbocycles. The normalized spacial score (nSPS) is 33.7. The molecule has 0 aromatic heterocycles. The van der Waals surface area contributed by atoms with Gasteiger partial charge in [0.25, 0.3) is 0 Å². The predicted molar refractivity (Wildman–Crippen MR) is 54.7 cm³/mol. The molecule has 1 aliphatic heterocycles. The Hall–Kier alpha value is -1.39. The first-order valence-electron chi connectivity index (χ1n) is 5.54. The molecule has 2 rings (SSSR count). The van der Waals surface area contributed by atoms with E-state index < -0.39 is 12.0 Å². The van der Waals surface area contributed by atoms with Gasteiger partial charge in [-0.1, -0.05) is 0 Å². The molecular weight excluding hydrogens is 210 g/mol. The number of ketones is 1. The van der Waals surface area contributed by atoms with Gasteiger partial charge in [0.2, 0.25) is 5.91 Å². The second-order valence-corrected chi connectivity index (χ2v) is 4.62. The van der Waals surface area contributed by atoms with Gasteiger partial charge in [0.1, 0.15) is 11.8 Å². The molecule has 1 N–H and O–H groups in total. The Kier molecular flexibility index (Phi) is 2.69. The molecule has 3 atom stereocenters. The van der Waals surface area contributed by atoms with E-state index in [9.17, 15) is 14.4 Å². The van der Waals surface area contributed by atoms with E-state index in [0.717, 1.165) is 6.42 Å². The molecular formula is C11H15NO4. The number of hydrogen-bond acceptors (Lipinski definition) is 3. The summed E-state index contributed by atoms with van der Waals surface area (Å²) in [5.74, 6) is -0.882. The van der Waals surface area contributed by atoms with E-state index in [4.69, 9.17) is 5.11 Å². The van der Waals surface area contributed by atoms with Gasteiger partial charge in [0, 0.05) is 25.8 Å². The van der Waals surface area contributed by atoms with E-state index in [1.807, 2.05) is 0 Å². The summed E-state index contributed by atoms with van der Waals surface area (Å²) >= 11 is 0. The number of aliphatic carboxylic acids is 1. The Morgan fingerprint density at radius 3 is 2.69 bits per heavy atom. The number of likely N-dealkylation sites (tertiary alicyclic amines) is 1. The van der Waals surface area contributed by atoms with Gasteiger partial charge in [-0.25, -0.2) is 4.79 Å². The first kappa shape index (κ1) is 11.1. The van der Waals surface area contributed by atoms with Crippen molar-refractivity contribution < 1.29 is 19.5 Å². The van der Waals surface area contributed by atoms with E-state index in [-0.39, 0.29) is 23.7 Å².